The van der Waals surface area contributed by atoms with Crippen LogP contribution in [0.5, 0.6) is 0 Å². The summed E-state index contributed by atoms with van der Waals surface area (Å²) in [6, 6.07) is 0. The minimum absolute atomic E-state index is 0. The normalized spacial score (nSPS) is 11.0. The van der Waals surface area contributed by atoms with Gasteiger partial charge in [0.15, 0.2) is 5.25 Å². The molecule has 0 heterocycles. The Morgan fingerprint density at radius 2 is 1.74 bits per heavy atom. The largest absolute Gasteiger partial charge is 1.00 e. The van der Waals surface area contributed by atoms with Crippen LogP contribution in [-0.4, -0.2) is 45.8 Å². The molecule has 0 aliphatic carbocycles. The Balaban J connectivity index is -0.000000139. The molecule has 0 fully saturated rings. The van der Waals surface area contributed by atoms with Crippen molar-refractivity contribution in [2.75, 3.05) is 0 Å². The first-order valence-electron chi connectivity index (χ1n) is 4.14. The Morgan fingerprint density at radius 3 is 1.79 bits per heavy atom. The van der Waals surface area contributed by atoms with E-state index < -0.39 is 33.7 Å². The maximum Gasteiger partial charge on any atom is 1.00 e. The monoisotopic (exact) mass is 306 g/mol. The molecule has 0 rings (SSSR count). The number of aliphatic carboxylic acids is 2. The quantitative estimate of drug-likeness (QED) is 0.206. The zero-order valence-electron chi connectivity index (χ0n) is 10.3. The first kappa shape index (κ1) is 26.7. The Morgan fingerprint density at radius 1 is 1.32 bits per heavy atom. The van der Waals surface area contributed by atoms with E-state index in [2.05, 4.69) is 13.5 Å². The number of carboxylic acid groups (broad SMARTS) is 2. The van der Waals surface area contributed by atoms with Crippen molar-refractivity contribution in [3.05, 3.63) is 31.7 Å². The molecule has 0 amide bonds. The third kappa shape index (κ3) is 17.2. The molecule has 5 N–H and O–H groups in total. The Labute approximate surface area is 133 Å². The number of carboxylic acids is 2. The Bertz CT molecular complexity index is 400. The summed E-state index contributed by atoms with van der Waals surface area (Å²) < 4.78 is 28.7. The van der Waals surface area contributed by atoms with Gasteiger partial charge in [-0.1, -0.05) is 0 Å². The minimum atomic E-state index is -4.84. The average molecular weight is 306 g/mol. The maximum atomic E-state index is 10.2. The summed E-state index contributed by atoms with van der Waals surface area (Å²) in [7, 11) is -4.84. The van der Waals surface area contributed by atoms with Gasteiger partial charge in [0, 0.05) is 0 Å². The zero-order valence-corrected chi connectivity index (χ0v) is 13.1. The SMILES string of the molecule is C=CC=C[CH2-].O.O=C(O)CC(C(=O)O)S(=O)(=O)O.[Na+]. The second-order valence-electron chi connectivity index (χ2n) is 2.60. The summed E-state index contributed by atoms with van der Waals surface area (Å²) >= 11 is 0. The van der Waals surface area contributed by atoms with Crippen LogP contribution in [0.25, 0.3) is 0 Å². The molecular formula is C9H15NaO8S. The number of carbonyl (C=O) groups is 2. The van der Waals surface area contributed by atoms with E-state index in [1.54, 1.807) is 18.2 Å². The summed E-state index contributed by atoms with van der Waals surface area (Å²) in [5.41, 5.74) is 0. The van der Waals surface area contributed by atoms with E-state index in [1.807, 2.05) is 0 Å². The molecule has 0 aliphatic rings. The molecule has 0 aliphatic heterocycles. The molecule has 106 valence electrons. The van der Waals surface area contributed by atoms with Crippen LogP contribution in [0.15, 0.2) is 24.8 Å². The number of hydrogen-bond donors (Lipinski definition) is 3. The Kier molecular flexibility index (Phi) is 19.1. The summed E-state index contributed by atoms with van der Waals surface area (Å²) in [6.07, 6.45) is 3.99. The van der Waals surface area contributed by atoms with E-state index >= 15 is 0 Å². The van der Waals surface area contributed by atoms with Crippen LogP contribution in [0.2, 0.25) is 0 Å². The maximum absolute atomic E-state index is 10.2. The van der Waals surface area contributed by atoms with Crippen LogP contribution in [0.1, 0.15) is 6.42 Å². The van der Waals surface area contributed by atoms with Gasteiger partial charge in [0.25, 0.3) is 10.1 Å². The van der Waals surface area contributed by atoms with Gasteiger partial charge in [0.1, 0.15) is 0 Å². The number of allylic oxidation sites excluding steroid dienone is 3. The van der Waals surface area contributed by atoms with Gasteiger partial charge in [0.2, 0.25) is 0 Å². The molecule has 10 heteroatoms. The topological polar surface area (TPSA) is 160 Å². The van der Waals surface area contributed by atoms with Gasteiger partial charge in [-0.05, 0) is 0 Å². The molecule has 0 saturated heterocycles. The van der Waals surface area contributed by atoms with Gasteiger partial charge < -0.3 is 15.7 Å². The first-order chi connectivity index (χ1) is 7.66. The van der Waals surface area contributed by atoms with Crippen LogP contribution in [0, 0.1) is 6.92 Å². The smallest absolute Gasteiger partial charge is 0.481 e. The molecule has 0 aromatic heterocycles. The van der Waals surface area contributed by atoms with Crippen molar-refractivity contribution in [3.63, 3.8) is 0 Å². The Hall–Kier alpha value is -0.840. The molecule has 1 unspecified atom stereocenters. The van der Waals surface area contributed by atoms with Gasteiger partial charge in [-0.3, -0.25) is 14.1 Å². The third-order valence-electron chi connectivity index (χ3n) is 1.27. The molecule has 0 radical (unpaired) electrons. The first-order valence-corrected chi connectivity index (χ1v) is 5.64. The third-order valence-corrected chi connectivity index (χ3v) is 2.35. The van der Waals surface area contributed by atoms with Gasteiger partial charge in [0.05, 0.1) is 6.42 Å². The van der Waals surface area contributed by atoms with Gasteiger partial charge in [-0.25, -0.2) is 19.1 Å². The molecular weight excluding hydrogens is 291 g/mol. The van der Waals surface area contributed by atoms with Crippen LogP contribution in [-0.2, 0) is 19.7 Å². The summed E-state index contributed by atoms with van der Waals surface area (Å²) in [5, 5.41) is 13.9. The fraction of sp³-hybridized carbons (Fsp3) is 0.222. The van der Waals surface area contributed by atoms with Crippen LogP contribution >= 0.6 is 0 Å². The van der Waals surface area contributed by atoms with Gasteiger partial charge in [-0.15, -0.1) is 6.58 Å². The van der Waals surface area contributed by atoms with E-state index in [4.69, 9.17) is 14.8 Å². The molecule has 8 nitrogen and oxygen atoms in total. The average Bonchev–Trinajstić information content (AvgIpc) is 2.14. The second kappa shape index (κ2) is 13.6. The zero-order chi connectivity index (χ0) is 14.1. The minimum Gasteiger partial charge on any atom is -0.481 e. The van der Waals surface area contributed by atoms with Crippen molar-refractivity contribution in [3.8, 4) is 0 Å². The van der Waals surface area contributed by atoms with Crippen LogP contribution < -0.4 is 29.6 Å². The molecule has 0 aromatic rings. The predicted molar refractivity (Wildman–Crippen MR) is 63.5 cm³/mol. The predicted octanol–water partition coefficient (Wildman–Crippen LogP) is -3.46. The number of hydrogen-bond acceptors (Lipinski definition) is 4. The van der Waals surface area contributed by atoms with Gasteiger partial charge in [-0.2, -0.15) is 14.5 Å². The van der Waals surface area contributed by atoms with E-state index in [0.29, 0.717) is 0 Å². The molecule has 19 heavy (non-hydrogen) atoms. The molecule has 0 aromatic carbocycles. The summed E-state index contributed by atoms with van der Waals surface area (Å²) in [4.78, 5) is 20.0. The molecule has 0 saturated carbocycles. The van der Waals surface area contributed by atoms with Crippen molar-refractivity contribution in [1.82, 2.24) is 0 Å². The van der Waals surface area contributed by atoms with Crippen molar-refractivity contribution in [2.24, 2.45) is 0 Å². The van der Waals surface area contributed by atoms with E-state index in [0.717, 1.165) is 0 Å². The fourth-order valence-electron chi connectivity index (χ4n) is 0.575. The van der Waals surface area contributed by atoms with E-state index in [1.165, 1.54) is 0 Å². The summed E-state index contributed by atoms with van der Waals surface area (Å²) in [6.45, 7) is 6.85. The molecule has 0 spiro atoms. The van der Waals surface area contributed by atoms with Crippen LogP contribution in [0.3, 0.4) is 0 Å². The fourth-order valence-corrected chi connectivity index (χ4v) is 1.18. The summed E-state index contributed by atoms with van der Waals surface area (Å²) in [5.74, 6) is -3.50. The van der Waals surface area contributed by atoms with Crippen molar-refractivity contribution in [2.45, 2.75) is 11.7 Å². The molecule has 1 atom stereocenters. The van der Waals surface area contributed by atoms with Gasteiger partial charge >= 0.3 is 41.5 Å². The van der Waals surface area contributed by atoms with Crippen molar-refractivity contribution < 1.29 is 67.8 Å². The number of rotatable bonds is 5. The molecule has 0 bridgehead atoms. The van der Waals surface area contributed by atoms with Crippen LogP contribution in [0.4, 0.5) is 0 Å². The van der Waals surface area contributed by atoms with Crippen molar-refractivity contribution >= 4 is 22.1 Å². The second-order valence-corrected chi connectivity index (χ2v) is 4.20. The standard InChI is InChI=1S/C5H7.C4H6O7S.Na.H2O/c1-3-5-4-2;5-3(6)1-2(4(7)8)12(9,10)11;;/h3-5H,1-2H2;2H,1H2,(H,5,6)(H,7,8)(H,9,10,11);;1H2/q-1;;+1;. The van der Waals surface area contributed by atoms with E-state index in [-0.39, 0.29) is 35.0 Å². The van der Waals surface area contributed by atoms with Crippen molar-refractivity contribution in [1.29, 1.82) is 0 Å². The van der Waals surface area contributed by atoms with E-state index in [9.17, 15) is 18.0 Å².